The van der Waals surface area contributed by atoms with Gasteiger partial charge < -0.3 is 42.4 Å². The number of aryl methyl sites for hydroxylation is 2. The number of nitrogens with zero attached hydrogens (tertiary/aromatic N) is 7. The summed E-state index contributed by atoms with van der Waals surface area (Å²) in [4.78, 5) is 64.1. The Hall–Kier alpha value is -4.63. The number of rotatable bonds is 10. The highest BCUT2D eigenvalue weighted by molar-refractivity contribution is 8.01. The molecule has 0 spiro atoms. The molecule has 0 radical (unpaired) electrons. The summed E-state index contributed by atoms with van der Waals surface area (Å²) in [5, 5.41) is 32.9. The van der Waals surface area contributed by atoms with Gasteiger partial charge in [0.25, 0.3) is 11.8 Å². The highest BCUT2D eigenvalue weighted by Gasteiger charge is 2.53. The Bertz CT molecular complexity index is 1790. The quantitative estimate of drug-likeness (QED) is 0.0373. The lowest BCUT2D eigenvalue weighted by Gasteiger charge is -2.50. The fraction of sp³-hybridized carbons (Fsp3) is 0.348. The van der Waals surface area contributed by atoms with Gasteiger partial charge in [-0.1, -0.05) is 21.4 Å². The third kappa shape index (κ3) is 5.43. The standard InChI is InChI=1S/C23H25N11O7S3/c1-7-14(24)29-23(34-16(7)32(3)21(25)30-34)44-5-9-4-42-18-12(17(36)33(18)13(9)20(39)40)28-15(35)11(10-6-43-22(26)27-10)31-41-8(2)19(37)38/h6,8,12,18,24H,4-5H2,1-3H3,(H7,25,26,27,28,30,35,37,38,39,40)/b31-11-/t8-,12?,18-/m1/s1. The Balaban J connectivity index is 1.36. The van der Waals surface area contributed by atoms with E-state index in [0.29, 0.717) is 21.9 Å². The number of hydrogen-bond acceptors (Lipinski definition) is 16. The minimum atomic E-state index is -1.56. The number of nitrogens with one attached hydrogen (secondary N) is 1. The number of nitrogens with two attached hydrogens (primary N) is 3. The summed E-state index contributed by atoms with van der Waals surface area (Å²) < 4.78 is 3.16. The second-order valence-corrected chi connectivity index (χ2v) is 12.5. The van der Waals surface area contributed by atoms with Crippen LogP contribution in [-0.4, -0.2) is 88.1 Å². The third-order valence-corrected chi connectivity index (χ3v) is 9.74. The highest BCUT2D eigenvalue weighted by atomic mass is 32.2. The predicted molar refractivity (Wildman–Crippen MR) is 157 cm³/mol. The molecule has 18 nitrogen and oxygen atoms in total. The van der Waals surface area contributed by atoms with E-state index in [1.807, 2.05) is 0 Å². The summed E-state index contributed by atoms with van der Waals surface area (Å²) in [6, 6.07) is -1.13. The number of β-lactam (4-membered cyclic amide) rings is 1. The van der Waals surface area contributed by atoms with E-state index in [9.17, 15) is 24.3 Å². The topological polar surface area (TPSA) is 273 Å². The van der Waals surface area contributed by atoms with Crippen molar-refractivity contribution >= 4 is 86.9 Å². The summed E-state index contributed by atoms with van der Waals surface area (Å²) in [5.41, 5.74) is 18.7. The average molecular weight is 664 g/mol. The van der Waals surface area contributed by atoms with Crippen LogP contribution < -0.4 is 32.2 Å². The molecule has 5 rings (SSSR count). The Morgan fingerprint density at radius 2 is 2.07 bits per heavy atom. The molecular weight excluding hydrogens is 639 g/mol. The normalized spacial score (nSPS) is 19.0. The van der Waals surface area contributed by atoms with Gasteiger partial charge in [0, 0.05) is 22.0 Å². The molecular formula is C23H25N11O7S3. The molecule has 3 aromatic heterocycles. The van der Waals surface area contributed by atoms with E-state index in [1.54, 1.807) is 18.5 Å². The van der Waals surface area contributed by atoms with E-state index >= 15 is 0 Å². The van der Waals surface area contributed by atoms with Gasteiger partial charge in [0.15, 0.2) is 10.8 Å². The Labute approximate surface area is 260 Å². The van der Waals surface area contributed by atoms with Crippen molar-refractivity contribution in [2.24, 2.45) is 12.2 Å². The summed E-state index contributed by atoms with van der Waals surface area (Å²) in [7, 11) is 1.72. The number of hydrogen-bond donors (Lipinski definition) is 5. The molecule has 44 heavy (non-hydrogen) atoms. The molecule has 1 unspecified atom stereocenters. The van der Waals surface area contributed by atoms with Crippen LogP contribution in [0.2, 0.25) is 0 Å². The van der Waals surface area contributed by atoms with Crippen molar-refractivity contribution in [3.8, 4) is 0 Å². The summed E-state index contributed by atoms with van der Waals surface area (Å²) in [6.45, 7) is 2.99. The summed E-state index contributed by atoms with van der Waals surface area (Å²) in [5.74, 6) is -3.69. The van der Waals surface area contributed by atoms with Crippen molar-refractivity contribution < 1.29 is 38.8 Å². The van der Waals surface area contributed by atoms with Crippen molar-refractivity contribution in [2.45, 2.75) is 36.5 Å². The van der Waals surface area contributed by atoms with E-state index in [4.69, 9.17) is 27.1 Å². The van der Waals surface area contributed by atoms with Gasteiger partial charge >= 0.3 is 11.9 Å². The summed E-state index contributed by atoms with van der Waals surface area (Å²) >= 11 is 3.40. The number of oxime groups is 1. The molecule has 232 valence electrons. The number of carbonyl (C=O) groups is 4. The van der Waals surface area contributed by atoms with Crippen LogP contribution in [0.25, 0.3) is 5.65 Å². The lowest BCUT2D eigenvalue weighted by atomic mass is 10.0. The first-order chi connectivity index (χ1) is 20.8. The van der Waals surface area contributed by atoms with Gasteiger partial charge in [-0.25, -0.2) is 14.3 Å². The van der Waals surface area contributed by atoms with Gasteiger partial charge in [0.2, 0.25) is 16.9 Å². The first kappa shape index (κ1) is 30.8. The Morgan fingerprint density at radius 1 is 1.34 bits per heavy atom. The molecule has 21 heteroatoms. The molecule has 1 saturated heterocycles. The first-order valence-corrected chi connectivity index (χ1v) is 15.5. The van der Waals surface area contributed by atoms with Crippen molar-refractivity contribution in [3.05, 3.63) is 27.9 Å². The fourth-order valence-corrected chi connectivity index (χ4v) is 7.35. The van der Waals surface area contributed by atoms with Crippen LogP contribution in [0.1, 0.15) is 18.2 Å². The van der Waals surface area contributed by atoms with Crippen LogP contribution >= 0.6 is 34.9 Å². The number of thiazole rings is 1. The molecule has 8 N–H and O–H groups in total. The lowest BCUT2D eigenvalue weighted by Crippen LogP contribution is -2.71. The van der Waals surface area contributed by atoms with E-state index in [-0.39, 0.29) is 39.8 Å². The number of carboxylic acid groups (broad SMARTS) is 2. The molecule has 1 fully saturated rings. The Kier molecular flexibility index (Phi) is 8.27. The van der Waals surface area contributed by atoms with Gasteiger partial charge in [-0.2, -0.15) is 4.98 Å². The van der Waals surface area contributed by atoms with E-state index in [0.717, 1.165) is 28.0 Å². The predicted octanol–water partition coefficient (Wildman–Crippen LogP) is -2.54. The average Bonchev–Trinajstić information content (AvgIpc) is 3.54. The Morgan fingerprint density at radius 3 is 2.70 bits per heavy atom. The fourth-order valence-electron chi connectivity index (χ4n) is 4.38. The zero-order chi connectivity index (χ0) is 32.0. The monoisotopic (exact) mass is 663 g/mol. The zero-order valence-electron chi connectivity index (χ0n) is 23.2. The second-order valence-electron chi connectivity index (χ2n) is 9.54. The molecule has 0 aliphatic carbocycles. The minimum Gasteiger partial charge on any atom is -0.543 e. The van der Waals surface area contributed by atoms with Crippen molar-refractivity contribution in [3.63, 3.8) is 0 Å². The van der Waals surface area contributed by atoms with Gasteiger partial charge in [-0.15, -0.1) is 23.1 Å². The van der Waals surface area contributed by atoms with Crippen molar-refractivity contribution in [1.29, 1.82) is 0 Å². The van der Waals surface area contributed by atoms with Crippen LogP contribution in [0.3, 0.4) is 0 Å². The maximum Gasteiger partial charge on any atom is 0.376 e. The molecule has 0 aromatic carbocycles. The van der Waals surface area contributed by atoms with E-state index < -0.39 is 47.0 Å². The number of carboxylic acids is 2. The van der Waals surface area contributed by atoms with Gasteiger partial charge in [0.05, 0.1) is 24.3 Å². The number of anilines is 3. The molecule has 3 aromatic rings. The molecule has 0 saturated carbocycles. The van der Waals surface area contributed by atoms with Gasteiger partial charge in [0.1, 0.15) is 22.9 Å². The zero-order valence-corrected chi connectivity index (χ0v) is 25.7. The second kappa shape index (κ2) is 11.8. The number of thioether (sulfide) groups is 2. The number of carbonyl (C=O) groups excluding carboxylic acids is 3. The maximum absolute atomic E-state index is 13.2. The van der Waals surface area contributed by atoms with Crippen LogP contribution in [0.5, 0.6) is 0 Å². The van der Waals surface area contributed by atoms with Crippen LogP contribution in [0, 0.1) is 6.92 Å². The lowest BCUT2D eigenvalue weighted by molar-refractivity contribution is -0.631. The van der Waals surface area contributed by atoms with Crippen molar-refractivity contribution in [1.82, 2.24) is 29.8 Å². The molecule has 2 aliphatic rings. The van der Waals surface area contributed by atoms with Crippen LogP contribution in [0.15, 0.2) is 27.0 Å². The number of aromatic nitrogens is 5. The SMILES string of the molecule is Cc1c(N)nc(SCC2=C(C(=O)[O-])N3C(=O)C(NC(=O)/C(=N\O[C@H](C)C(=O)O)c4csc(N)n4)[C@H]3SC2)n2nc(N)[n+](C)c12. The minimum absolute atomic E-state index is 0.00383. The molecule has 2 amide bonds. The largest absolute Gasteiger partial charge is 0.543 e. The number of nitrogen functional groups attached to an aromatic ring is 3. The van der Waals surface area contributed by atoms with Crippen LogP contribution in [0.4, 0.5) is 16.9 Å². The molecule has 3 atom stereocenters. The van der Waals surface area contributed by atoms with Gasteiger partial charge in [-0.05, 0) is 19.4 Å². The smallest absolute Gasteiger partial charge is 0.376 e. The molecule has 2 aliphatic heterocycles. The number of fused-ring (bicyclic) bond motifs is 2. The van der Waals surface area contributed by atoms with Crippen LogP contribution in [-0.2, 0) is 31.1 Å². The number of aliphatic carboxylic acids is 2. The third-order valence-electron chi connectivity index (χ3n) is 6.71. The molecule has 0 bridgehead atoms. The first-order valence-electron chi connectivity index (χ1n) is 12.6. The van der Waals surface area contributed by atoms with Gasteiger partial charge in [-0.3, -0.25) is 14.5 Å². The summed E-state index contributed by atoms with van der Waals surface area (Å²) in [6.07, 6.45) is -1.38. The van der Waals surface area contributed by atoms with Crippen molar-refractivity contribution in [2.75, 3.05) is 28.7 Å². The highest BCUT2D eigenvalue weighted by Crippen LogP contribution is 2.41. The van der Waals surface area contributed by atoms with E-state index in [2.05, 4.69) is 25.5 Å². The van der Waals surface area contributed by atoms with E-state index in [1.165, 1.54) is 28.6 Å². The molecule has 5 heterocycles. The maximum atomic E-state index is 13.2. The number of amides is 2.